The minimum Gasteiger partial charge on any atom is -0.462 e. The van der Waals surface area contributed by atoms with Crippen LogP contribution < -0.4 is 0 Å². The molecule has 124 valence electrons. The Kier molecular flexibility index (Phi) is 7.74. The van der Waals surface area contributed by atoms with Gasteiger partial charge in [0.25, 0.3) is 0 Å². The quantitative estimate of drug-likeness (QED) is 0.319. The number of ketones is 1. The summed E-state index contributed by atoms with van der Waals surface area (Å²) in [5, 5.41) is 0. The molecule has 0 aliphatic rings. The van der Waals surface area contributed by atoms with Crippen LogP contribution >= 0.6 is 0 Å². The lowest BCUT2D eigenvalue weighted by Crippen LogP contribution is -2.19. The van der Waals surface area contributed by atoms with E-state index < -0.39 is 11.9 Å². The summed E-state index contributed by atoms with van der Waals surface area (Å²) in [6.45, 7) is 5.55. The summed E-state index contributed by atoms with van der Waals surface area (Å²) in [5.41, 5.74) is 1.78. The fourth-order valence-corrected chi connectivity index (χ4v) is 1.89. The van der Waals surface area contributed by atoms with Crippen molar-refractivity contribution in [2.45, 2.75) is 33.6 Å². The molecule has 0 heterocycles. The van der Waals surface area contributed by atoms with Crippen LogP contribution in [0.4, 0.5) is 0 Å². The monoisotopic (exact) mass is 318 g/mol. The lowest BCUT2D eigenvalue weighted by atomic mass is 10.0. The number of ether oxygens (including phenoxy) is 2. The number of esters is 2. The van der Waals surface area contributed by atoms with Crippen molar-refractivity contribution in [1.29, 1.82) is 0 Å². The van der Waals surface area contributed by atoms with E-state index in [1.54, 1.807) is 13.8 Å². The van der Waals surface area contributed by atoms with E-state index in [1.165, 1.54) is 6.08 Å². The molecule has 0 bridgehead atoms. The summed E-state index contributed by atoms with van der Waals surface area (Å²) in [4.78, 5) is 35.5. The van der Waals surface area contributed by atoms with Crippen molar-refractivity contribution in [1.82, 2.24) is 0 Å². The smallest absolute Gasteiger partial charge is 0.345 e. The van der Waals surface area contributed by atoms with Crippen LogP contribution in [0.3, 0.4) is 0 Å². The highest BCUT2D eigenvalue weighted by Crippen LogP contribution is 2.08. The Morgan fingerprint density at radius 2 is 1.48 bits per heavy atom. The van der Waals surface area contributed by atoms with Crippen LogP contribution in [0.25, 0.3) is 0 Å². The van der Waals surface area contributed by atoms with Crippen molar-refractivity contribution < 1.29 is 23.9 Å². The number of aryl methyl sites for hydroxylation is 1. The zero-order chi connectivity index (χ0) is 17.2. The molecule has 0 aromatic heterocycles. The van der Waals surface area contributed by atoms with Gasteiger partial charge in [0.1, 0.15) is 11.4 Å². The maximum absolute atomic E-state index is 12.0. The van der Waals surface area contributed by atoms with Gasteiger partial charge in [-0.25, -0.2) is 9.59 Å². The summed E-state index contributed by atoms with van der Waals surface area (Å²) in [7, 11) is 0. The van der Waals surface area contributed by atoms with Crippen molar-refractivity contribution in [3.8, 4) is 0 Å². The van der Waals surface area contributed by atoms with Gasteiger partial charge in [-0.2, -0.15) is 0 Å². The molecule has 1 aromatic rings. The maximum atomic E-state index is 12.0. The fraction of sp³-hybridized carbons (Fsp3) is 0.389. The predicted octanol–water partition coefficient (Wildman–Crippen LogP) is 2.55. The molecule has 1 aromatic carbocycles. The molecule has 0 N–H and O–H groups in total. The Morgan fingerprint density at radius 3 is 1.96 bits per heavy atom. The highest BCUT2D eigenvalue weighted by molar-refractivity contribution is 6.14. The van der Waals surface area contributed by atoms with Gasteiger partial charge in [0, 0.05) is 12.8 Å². The van der Waals surface area contributed by atoms with E-state index in [2.05, 4.69) is 0 Å². The van der Waals surface area contributed by atoms with Crippen LogP contribution in [-0.2, 0) is 30.3 Å². The van der Waals surface area contributed by atoms with Crippen LogP contribution in [0, 0.1) is 6.92 Å². The van der Waals surface area contributed by atoms with Crippen molar-refractivity contribution in [2.75, 3.05) is 13.2 Å². The highest BCUT2D eigenvalue weighted by atomic mass is 16.6. The minimum absolute atomic E-state index is 0.0269. The molecule has 0 unspecified atom stereocenters. The van der Waals surface area contributed by atoms with Crippen LogP contribution in [0.2, 0.25) is 0 Å². The molecule has 0 fully saturated rings. The van der Waals surface area contributed by atoms with Crippen molar-refractivity contribution in [3.05, 3.63) is 47.0 Å². The third kappa shape index (κ3) is 6.46. The van der Waals surface area contributed by atoms with Gasteiger partial charge in [-0.05, 0) is 26.3 Å². The molecule has 0 atom stereocenters. The van der Waals surface area contributed by atoms with E-state index in [4.69, 9.17) is 9.47 Å². The first-order valence-electron chi connectivity index (χ1n) is 7.59. The first-order valence-corrected chi connectivity index (χ1v) is 7.59. The normalized spacial score (nSPS) is 9.87. The molecule has 0 aliphatic heterocycles. The molecule has 5 nitrogen and oxygen atoms in total. The minimum atomic E-state index is -0.769. The number of allylic oxidation sites excluding steroid dienone is 1. The zero-order valence-electron chi connectivity index (χ0n) is 13.8. The van der Waals surface area contributed by atoms with E-state index >= 15 is 0 Å². The van der Waals surface area contributed by atoms with Gasteiger partial charge < -0.3 is 9.47 Å². The summed E-state index contributed by atoms with van der Waals surface area (Å²) in [6, 6.07) is 7.63. The average molecular weight is 318 g/mol. The van der Waals surface area contributed by atoms with Crippen LogP contribution in [0.1, 0.15) is 31.4 Å². The third-order valence-corrected chi connectivity index (χ3v) is 3.05. The Labute approximate surface area is 136 Å². The second kappa shape index (κ2) is 9.56. The molecule has 0 radical (unpaired) electrons. The number of hydrogen-bond donors (Lipinski definition) is 0. The average Bonchev–Trinajstić information content (AvgIpc) is 2.50. The lowest BCUT2D eigenvalue weighted by Gasteiger charge is -2.06. The Bertz CT molecular complexity index is 564. The van der Waals surface area contributed by atoms with Gasteiger partial charge >= 0.3 is 11.9 Å². The molecular weight excluding hydrogens is 296 g/mol. The molecule has 23 heavy (non-hydrogen) atoms. The standard InChI is InChI=1S/C18H22O5/c1-4-22-17(20)16(18(21)23-5-2)11-10-15(19)12-14-8-6-13(3)7-9-14/h6-9,11H,4-5,10,12H2,1-3H3. The van der Waals surface area contributed by atoms with Crippen LogP contribution in [0.15, 0.2) is 35.9 Å². The molecule has 0 saturated carbocycles. The number of benzene rings is 1. The summed E-state index contributed by atoms with van der Waals surface area (Å²) in [5.74, 6) is -1.64. The highest BCUT2D eigenvalue weighted by Gasteiger charge is 2.21. The first-order chi connectivity index (χ1) is 11.0. The predicted molar refractivity (Wildman–Crippen MR) is 85.9 cm³/mol. The molecular formula is C18H22O5. The topological polar surface area (TPSA) is 69.7 Å². The van der Waals surface area contributed by atoms with Gasteiger partial charge in [-0.3, -0.25) is 4.79 Å². The van der Waals surface area contributed by atoms with E-state index in [0.29, 0.717) is 0 Å². The SMILES string of the molecule is CCOC(=O)C(=CCC(=O)Cc1ccc(C)cc1)C(=O)OCC. The number of hydrogen-bond acceptors (Lipinski definition) is 5. The van der Waals surface area contributed by atoms with Crippen LogP contribution in [0.5, 0.6) is 0 Å². The second-order valence-electron chi connectivity index (χ2n) is 4.96. The van der Waals surface area contributed by atoms with Gasteiger partial charge in [0.2, 0.25) is 0 Å². The molecule has 0 amide bonds. The molecule has 5 heteroatoms. The molecule has 0 aliphatic carbocycles. The van der Waals surface area contributed by atoms with Gasteiger partial charge in [0.05, 0.1) is 13.2 Å². The maximum Gasteiger partial charge on any atom is 0.345 e. The molecule has 1 rings (SSSR count). The van der Waals surface area contributed by atoms with Gasteiger partial charge in [0.15, 0.2) is 0 Å². The number of Topliss-reactive ketones (excluding diaryl/α,β-unsaturated/α-hetero) is 1. The number of rotatable bonds is 8. The van der Waals surface area contributed by atoms with Gasteiger partial charge in [-0.15, -0.1) is 0 Å². The third-order valence-electron chi connectivity index (χ3n) is 3.05. The van der Waals surface area contributed by atoms with Crippen molar-refractivity contribution >= 4 is 17.7 Å². The van der Waals surface area contributed by atoms with E-state index in [1.807, 2.05) is 31.2 Å². The summed E-state index contributed by atoms with van der Waals surface area (Å²) < 4.78 is 9.63. The lowest BCUT2D eigenvalue weighted by molar-refractivity contribution is -0.146. The van der Waals surface area contributed by atoms with Crippen LogP contribution in [-0.4, -0.2) is 30.9 Å². The Hall–Kier alpha value is -2.43. The number of carbonyl (C=O) groups is 3. The number of carbonyl (C=O) groups excluding carboxylic acids is 3. The molecule has 0 saturated heterocycles. The van der Waals surface area contributed by atoms with Crippen molar-refractivity contribution in [2.24, 2.45) is 0 Å². The van der Waals surface area contributed by atoms with Crippen molar-refractivity contribution in [3.63, 3.8) is 0 Å². The molecule has 0 spiro atoms. The summed E-state index contributed by atoms with van der Waals surface area (Å²) >= 11 is 0. The first kappa shape index (κ1) is 18.6. The van der Waals surface area contributed by atoms with E-state index in [9.17, 15) is 14.4 Å². The zero-order valence-corrected chi connectivity index (χ0v) is 13.8. The second-order valence-corrected chi connectivity index (χ2v) is 4.96. The van der Waals surface area contributed by atoms with E-state index in [-0.39, 0.29) is 37.4 Å². The largest absolute Gasteiger partial charge is 0.462 e. The Balaban J connectivity index is 2.74. The van der Waals surface area contributed by atoms with E-state index in [0.717, 1.165) is 11.1 Å². The van der Waals surface area contributed by atoms with Gasteiger partial charge in [-0.1, -0.05) is 35.9 Å². The summed E-state index contributed by atoms with van der Waals surface area (Å²) in [6.07, 6.45) is 1.50. The fourth-order valence-electron chi connectivity index (χ4n) is 1.89. The Morgan fingerprint density at radius 1 is 0.957 bits per heavy atom.